The van der Waals surface area contributed by atoms with E-state index in [9.17, 15) is 9.18 Å². The van der Waals surface area contributed by atoms with Crippen LogP contribution >= 0.6 is 0 Å². The maximum atomic E-state index is 14.4. The van der Waals surface area contributed by atoms with Gasteiger partial charge in [-0.15, -0.1) is 0 Å². The Hall–Kier alpha value is -1.68. The van der Waals surface area contributed by atoms with E-state index in [0.717, 1.165) is 36.2 Å². The molecule has 1 amide bonds. The van der Waals surface area contributed by atoms with Crippen molar-refractivity contribution >= 4 is 12.0 Å². The Balaban J connectivity index is 1.34. The minimum absolute atomic E-state index is 0.206. The van der Waals surface area contributed by atoms with E-state index in [2.05, 4.69) is 0 Å². The van der Waals surface area contributed by atoms with Gasteiger partial charge in [-0.3, -0.25) is 10.0 Å². The summed E-state index contributed by atoms with van der Waals surface area (Å²) < 4.78 is 14.4. The second-order valence-corrected chi connectivity index (χ2v) is 8.93. The number of benzene rings is 1. The van der Waals surface area contributed by atoms with Crippen molar-refractivity contribution in [2.75, 3.05) is 0 Å². The van der Waals surface area contributed by atoms with Crippen LogP contribution in [-0.2, 0) is 11.2 Å². The fraction of sp³-hybridized carbons (Fsp3) is 0.591. The van der Waals surface area contributed by atoms with Gasteiger partial charge in [-0.1, -0.05) is 12.1 Å². The van der Waals surface area contributed by atoms with E-state index in [4.69, 9.17) is 5.21 Å². The molecule has 0 aliphatic heterocycles. The Morgan fingerprint density at radius 1 is 1.19 bits per heavy atom. The molecule has 4 aliphatic rings. The maximum absolute atomic E-state index is 14.4. The lowest BCUT2D eigenvalue weighted by molar-refractivity contribution is -0.124. The third-order valence-corrected chi connectivity index (χ3v) is 6.93. The summed E-state index contributed by atoms with van der Waals surface area (Å²) in [6.45, 7) is 0. The van der Waals surface area contributed by atoms with Crippen molar-refractivity contribution in [2.45, 2.75) is 57.8 Å². The molecular formula is C22H28FNO2. The predicted octanol–water partition coefficient (Wildman–Crippen LogP) is 4.88. The Kier molecular flexibility index (Phi) is 4.87. The fourth-order valence-corrected chi connectivity index (χ4v) is 6.33. The van der Waals surface area contributed by atoms with Crippen LogP contribution in [0.2, 0.25) is 0 Å². The average molecular weight is 357 g/mol. The van der Waals surface area contributed by atoms with Gasteiger partial charge in [0, 0.05) is 6.08 Å². The summed E-state index contributed by atoms with van der Waals surface area (Å²) in [4.78, 5) is 11.0. The van der Waals surface area contributed by atoms with E-state index in [1.807, 2.05) is 12.1 Å². The van der Waals surface area contributed by atoms with Crippen molar-refractivity contribution < 1.29 is 14.4 Å². The normalized spacial score (nSPS) is 32.3. The summed E-state index contributed by atoms with van der Waals surface area (Å²) in [6.07, 6.45) is 14.4. The molecule has 1 aromatic carbocycles. The highest BCUT2D eigenvalue weighted by Gasteiger charge is 2.50. The molecule has 0 unspecified atom stereocenters. The monoisotopic (exact) mass is 357 g/mol. The molecule has 1 aromatic rings. The number of carbonyl (C=O) groups excluding carboxylic acids is 1. The third-order valence-electron chi connectivity index (χ3n) is 6.93. The van der Waals surface area contributed by atoms with Crippen LogP contribution < -0.4 is 5.48 Å². The zero-order chi connectivity index (χ0) is 18.1. The number of nitrogens with one attached hydrogen (secondary N) is 1. The van der Waals surface area contributed by atoms with Crippen molar-refractivity contribution in [3.63, 3.8) is 0 Å². The van der Waals surface area contributed by atoms with E-state index in [-0.39, 0.29) is 5.82 Å². The van der Waals surface area contributed by atoms with Gasteiger partial charge in [-0.05, 0) is 104 Å². The van der Waals surface area contributed by atoms with Crippen LogP contribution in [0.4, 0.5) is 4.39 Å². The largest absolute Gasteiger partial charge is 0.288 e. The van der Waals surface area contributed by atoms with Gasteiger partial charge in [-0.2, -0.15) is 0 Å². The van der Waals surface area contributed by atoms with Crippen LogP contribution in [0.25, 0.3) is 6.08 Å². The predicted molar refractivity (Wildman–Crippen MR) is 98.9 cm³/mol. The highest BCUT2D eigenvalue weighted by atomic mass is 19.1. The lowest BCUT2D eigenvalue weighted by atomic mass is 9.48. The molecule has 4 heteroatoms. The van der Waals surface area contributed by atoms with Gasteiger partial charge in [0.05, 0.1) is 0 Å². The molecule has 0 radical (unpaired) electrons. The van der Waals surface area contributed by atoms with Crippen molar-refractivity contribution in [1.29, 1.82) is 0 Å². The number of hydroxylamine groups is 1. The summed E-state index contributed by atoms with van der Waals surface area (Å²) in [5.41, 5.74) is 3.47. The van der Waals surface area contributed by atoms with Crippen molar-refractivity contribution in [3.05, 3.63) is 41.2 Å². The fourth-order valence-electron chi connectivity index (χ4n) is 6.33. The molecule has 2 N–H and O–H groups in total. The Labute approximate surface area is 154 Å². The van der Waals surface area contributed by atoms with Crippen molar-refractivity contribution in [3.8, 4) is 0 Å². The van der Waals surface area contributed by atoms with E-state index < -0.39 is 5.91 Å². The number of aryl methyl sites for hydroxylation is 1. The van der Waals surface area contributed by atoms with E-state index >= 15 is 0 Å². The van der Waals surface area contributed by atoms with Gasteiger partial charge in [0.25, 0.3) is 5.91 Å². The zero-order valence-corrected chi connectivity index (χ0v) is 15.2. The van der Waals surface area contributed by atoms with Crippen LogP contribution in [0, 0.1) is 29.0 Å². The first-order chi connectivity index (χ1) is 12.5. The first kappa shape index (κ1) is 17.7. The summed E-state index contributed by atoms with van der Waals surface area (Å²) in [5, 5.41) is 8.47. The Morgan fingerprint density at radius 3 is 2.42 bits per heavy atom. The number of hydrogen-bond acceptors (Lipinski definition) is 2. The van der Waals surface area contributed by atoms with Gasteiger partial charge in [-0.25, -0.2) is 9.87 Å². The molecule has 4 saturated carbocycles. The molecule has 5 rings (SSSR count). The number of hydrogen-bond donors (Lipinski definition) is 2. The number of halogens is 1. The highest BCUT2D eigenvalue weighted by Crippen LogP contribution is 2.61. The summed E-state index contributed by atoms with van der Waals surface area (Å²) in [6, 6.07) is 5.11. The van der Waals surface area contributed by atoms with Gasteiger partial charge in [0.1, 0.15) is 5.82 Å². The summed E-state index contributed by atoms with van der Waals surface area (Å²) in [7, 11) is 0. The molecule has 0 spiro atoms. The van der Waals surface area contributed by atoms with Crippen LogP contribution in [-0.4, -0.2) is 11.1 Å². The number of amides is 1. The van der Waals surface area contributed by atoms with Crippen molar-refractivity contribution in [2.24, 2.45) is 23.2 Å². The second-order valence-electron chi connectivity index (χ2n) is 8.93. The summed E-state index contributed by atoms with van der Waals surface area (Å²) >= 11 is 0. The van der Waals surface area contributed by atoms with Gasteiger partial charge < -0.3 is 0 Å². The zero-order valence-electron chi connectivity index (χ0n) is 15.2. The lowest BCUT2D eigenvalue weighted by Crippen LogP contribution is -2.45. The molecule has 0 aromatic heterocycles. The minimum Gasteiger partial charge on any atom is -0.288 e. The topological polar surface area (TPSA) is 49.3 Å². The molecule has 0 atom stereocenters. The van der Waals surface area contributed by atoms with E-state index in [1.165, 1.54) is 68.6 Å². The minimum atomic E-state index is -0.620. The smallest absolute Gasteiger partial charge is 0.267 e. The molecule has 26 heavy (non-hydrogen) atoms. The van der Waals surface area contributed by atoms with Crippen LogP contribution in [0.5, 0.6) is 0 Å². The number of carbonyl (C=O) groups is 1. The van der Waals surface area contributed by atoms with E-state index in [0.29, 0.717) is 11.0 Å². The number of rotatable bonds is 6. The second kappa shape index (κ2) is 7.15. The SMILES string of the molecule is O=C(/C=C/c1ccc(CCCC23CC4CC(CC(C4)C2)C3)c(F)c1)NO. The Morgan fingerprint density at radius 2 is 1.85 bits per heavy atom. The molecule has 0 saturated heterocycles. The molecule has 3 nitrogen and oxygen atoms in total. The lowest BCUT2D eigenvalue weighted by Gasteiger charge is -2.57. The van der Waals surface area contributed by atoms with Gasteiger partial charge in [0.2, 0.25) is 0 Å². The van der Waals surface area contributed by atoms with E-state index in [1.54, 1.807) is 0 Å². The van der Waals surface area contributed by atoms with Gasteiger partial charge >= 0.3 is 0 Å². The third kappa shape index (κ3) is 3.71. The van der Waals surface area contributed by atoms with Crippen molar-refractivity contribution in [1.82, 2.24) is 5.48 Å². The Bertz CT molecular complexity index is 677. The molecule has 0 heterocycles. The first-order valence-electron chi connectivity index (χ1n) is 9.96. The molecule has 140 valence electrons. The average Bonchev–Trinajstić information content (AvgIpc) is 2.60. The molecule has 4 aliphatic carbocycles. The quantitative estimate of drug-likeness (QED) is 0.433. The van der Waals surface area contributed by atoms with Gasteiger partial charge in [0.15, 0.2) is 0 Å². The molecular weight excluding hydrogens is 329 g/mol. The van der Waals surface area contributed by atoms with Crippen LogP contribution in [0.1, 0.15) is 62.5 Å². The molecule has 4 bridgehead atoms. The highest BCUT2D eigenvalue weighted by molar-refractivity contribution is 5.90. The standard InChI is InChI=1S/C22H28FNO2/c23-20-11-15(4-6-21(25)24-26)3-5-19(20)2-1-7-22-12-16-8-17(13-22)10-18(9-16)14-22/h3-6,11,16-18,26H,1-2,7-10,12-14H2,(H,24,25)/b6-4+. The first-order valence-corrected chi connectivity index (χ1v) is 9.96. The van der Waals surface area contributed by atoms with Crippen LogP contribution in [0.3, 0.4) is 0 Å². The maximum Gasteiger partial charge on any atom is 0.267 e. The summed E-state index contributed by atoms with van der Waals surface area (Å²) in [5.74, 6) is 2.09. The van der Waals surface area contributed by atoms with Crippen LogP contribution in [0.15, 0.2) is 24.3 Å². The molecule has 4 fully saturated rings.